The molecule has 0 fully saturated rings. The monoisotopic (exact) mass is 511 g/mol. The van der Waals surface area contributed by atoms with Gasteiger partial charge in [0.2, 0.25) is 5.91 Å². The van der Waals surface area contributed by atoms with Crippen LogP contribution in [-0.2, 0) is 11.3 Å². The fourth-order valence-electron chi connectivity index (χ4n) is 3.48. The van der Waals surface area contributed by atoms with E-state index in [-0.39, 0.29) is 29.5 Å². The van der Waals surface area contributed by atoms with Crippen LogP contribution in [0, 0.1) is 19.8 Å². The Bertz CT molecular complexity index is 1220. The highest BCUT2D eigenvalue weighted by Crippen LogP contribution is 2.26. The zero-order chi connectivity index (χ0) is 25.5. The van der Waals surface area contributed by atoms with Crippen LogP contribution in [0.2, 0.25) is 5.02 Å². The quantitative estimate of drug-likeness (QED) is 0.273. The molecule has 3 rings (SSSR count). The average molecular weight is 512 g/mol. The summed E-state index contributed by atoms with van der Waals surface area (Å²) >= 11 is 7.42. The number of halogens is 1. The molecule has 0 unspecified atom stereocenters. The number of anilines is 1. The van der Waals surface area contributed by atoms with E-state index in [1.54, 1.807) is 18.2 Å². The lowest BCUT2D eigenvalue weighted by molar-refractivity contribution is -0.113. The zero-order valence-corrected chi connectivity index (χ0v) is 21.9. The summed E-state index contributed by atoms with van der Waals surface area (Å²) in [6.45, 7) is 12.2. The maximum absolute atomic E-state index is 12.9. The number of carbonyl (C=O) groups is 2. The number of thioether (sulfide) groups is 1. The Hall–Kier alpha value is -3.10. The molecule has 1 heterocycles. The number of aryl methyl sites for hydroxylation is 2. The van der Waals surface area contributed by atoms with Crippen molar-refractivity contribution in [3.63, 3.8) is 0 Å². The van der Waals surface area contributed by atoms with Crippen molar-refractivity contribution >= 4 is 40.9 Å². The summed E-state index contributed by atoms with van der Waals surface area (Å²) in [5.41, 5.74) is 3.18. The lowest BCUT2D eigenvalue weighted by Gasteiger charge is -2.22. The SMILES string of the molecule is C=CCn1c(SCC(=O)Nc2ccc(C)c(Cl)c2)nnc1[C@H](NC(=O)c1cccc(C)c1)C(C)C. The Morgan fingerprint density at radius 3 is 2.60 bits per heavy atom. The standard InChI is InChI=1S/C26H30ClN5O2S/c1-6-12-32-24(23(16(2)3)29-25(34)19-9-7-8-17(4)13-19)30-31-26(32)35-15-22(33)28-20-11-10-18(5)21(27)14-20/h6-11,13-14,16,23H,1,12,15H2,2-5H3,(H,28,33)(H,29,34)/t23-/m1/s1. The van der Waals surface area contributed by atoms with Crippen LogP contribution in [0.1, 0.15) is 47.2 Å². The molecule has 184 valence electrons. The molecule has 0 bridgehead atoms. The van der Waals surface area contributed by atoms with E-state index >= 15 is 0 Å². The largest absolute Gasteiger partial charge is 0.342 e. The van der Waals surface area contributed by atoms with Gasteiger partial charge in [-0.15, -0.1) is 16.8 Å². The lowest BCUT2D eigenvalue weighted by Crippen LogP contribution is -2.34. The normalized spacial score (nSPS) is 11.8. The number of hydrogen-bond donors (Lipinski definition) is 2. The van der Waals surface area contributed by atoms with E-state index in [1.807, 2.05) is 62.6 Å². The van der Waals surface area contributed by atoms with Gasteiger partial charge in [-0.3, -0.25) is 9.59 Å². The van der Waals surface area contributed by atoms with E-state index in [0.29, 0.717) is 33.8 Å². The number of nitrogens with one attached hydrogen (secondary N) is 2. The van der Waals surface area contributed by atoms with Gasteiger partial charge in [0.15, 0.2) is 11.0 Å². The number of hydrogen-bond acceptors (Lipinski definition) is 5. The van der Waals surface area contributed by atoms with Gasteiger partial charge in [-0.2, -0.15) is 0 Å². The van der Waals surface area contributed by atoms with Crippen LogP contribution in [0.3, 0.4) is 0 Å². The minimum atomic E-state index is -0.367. The molecule has 0 spiro atoms. The number of nitrogens with zero attached hydrogens (tertiary/aromatic N) is 3. The van der Waals surface area contributed by atoms with Gasteiger partial charge in [0.05, 0.1) is 11.8 Å². The van der Waals surface area contributed by atoms with E-state index < -0.39 is 0 Å². The topological polar surface area (TPSA) is 88.9 Å². The van der Waals surface area contributed by atoms with Crippen LogP contribution in [0.15, 0.2) is 60.3 Å². The Kier molecular flexibility index (Phi) is 9.12. The number of allylic oxidation sites excluding steroid dienone is 1. The van der Waals surface area contributed by atoms with Crippen LogP contribution >= 0.6 is 23.4 Å². The highest BCUT2D eigenvalue weighted by molar-refractivity contribution is 7.99. The second kappa shape index (κ2) is 12.0. The fraction of sp³-hybridized carbons (Fsp3) is 0.308. The van der Waals surface area contributed by atoms with Crippen molar-refractivity contribution in [1.29, 1.82) is 0 Å². The van der Waals surface area contributed by atoms with Crippen LogP contribution in [0.4, 0.5) is 5.69 Å². The maximum Gasteiger partial charge on any atom is 0.251 e. The number of benzene rings is 2. The Morgan fingerprint density at radius 1 is 1.17 bits per heavy atom. The van der Waals surface area contributed by atoms with E-state index in [0.717, 1.165) is 11.1 Å². The van der Waals surface area contributed by atoms with Gasteiger partial charge in [0.1, 0.15) is 0 Å². The first kappa shape index (κ1) is 26.5. The van der Waals surface area contributed by atoms with Gasteiger partial charge in [-0.25, -0.2) is 0 Å². The molecule has 35 heavy (non-hydrogen) atoms. The maximum atomic E-state index is 12.9. The molecule has 9 heteroatoms. The second-order valence-electron chi connectivity index (χ2n) is 8.61. The molecule has 1 aromatic heterocycles. The molecule has 1 atom stereocenters. The summed E-state index contributed by atoms with van der Waals surface area (Å²) < 4.78 is 1.88. The lowest BCUT2D eigenvalue weighted by atomic mass is 10.0. The zero-order valence-electron chi connectivity index (χ0n) is 20.3. The number of rotatable bonds is 10. The molecule has 0 saturated heterocycles. The summed E-state index contributed by atoms with van der Waals surface area (Å²) in [5.74, 6) is 0.463. The molecule has 3 aromatic rings. The summed E-state index contributed by atoms with van der Waals surface area (Å²) in [7, 11) is 0. The highest BCUT2D eigenvalue weighted by Gasteiger charge is 2.26. The van der Waals surface area contributed by atoms with Gasteiger partial charge in [-0.1, -0.05) is 67.0 Å². The second-order valence-corrected chi connectivity index (χ2v) is 9.96. The highest BCUT2D eigenvalue weighted by atomic mass is 35.5. The molecule has 0 radical (unpaired) electrons. The first-order chi connectivity index (χ1) is 16.7. The van der Waals surface area contributed by atoms with E-state index in [1.165, 1.54) is 11.8 Å². The van der Waals surface area contributed by atoms with Gasteiger partial charge in [-0.05, 0) is 49.6 Å². The average Bonchev–Trinajstić information content (AvgIpc) is 3.20. The summed E-state index contributed by atoms with van der Waals surface area (Å²) in [4.78, 5) is 25.5. The minimum absolute atomic E-state index is 0.0592. The molecular weight excluding hydrogens is 482 g/mol. The molecule has 0 aliphatic carbocycles. The van der Waals surface area contributed by atoms with E-state index in [2.05, 4.69) is 27.4 Å². The molecule has 2 N–H and O–H groups in total. The minimum Gasteiger partial charge on any atom is -0.342 e. The van der Waals surface area contributed by atoms with Crippen molar-refractivity contribution in [3.8, 4) is 0 Å². The first-order valence-electron chi connectivity index (χ1n) is 11.3. The molecule has 2 aromatic carbocycles. The van der Waals surface area contributed by atoms with Crippen molar-refractivity contribution in [2.45, 2.75) is 45.4 Å². The van der Waals surface area contributed by atoms with Crippen LogP contribution < -0.4 is 10.6 Å². The Balaban J connectivity index is 1.75. The molecule has 0 aliphatic rings. The molecule has 7 nitrogen and oxygen atoms in total. The Morgan fingerprint density at radius 2 is 1.94 bits per heavy atom. The third-order valence-electron chi connectivity index (χ3n) is 5.36. The molecular formula is C26H30ClN5O2S. The predicted octanol–water partition coefficient (Wildman–Crippen LogP) is 5.59. The molecule has 2 amide bonds. The number of amides is 2. The van der Waals surface area contributed by atoms with Gasteiger partial charge in [0, 0.05) is 22.8 Å². The van der Waals surface area contributed by atoms with Crippen LogP contribution in [-0.4, -0.2) is 32.3 Å². The summed E-state index contributed by atoms with van der Waals surface area (Å²) in [6, 6.07) is 12.5. The summed E-state index contributed by atoms with van der Waals surface area (Å²) in [5, 5.41) is 15.8. The fourth-order valence-corrected chi connectivity index (χ4v) is 4.41. The van der Waals surface area contributed by atoms with Gasteiger partial charge >= 0.3 is 0 Å². The molecule has 0 aliphatic heterocycles. The third-order valence-corrected chi connectivity index (χ3v) is 6.73. The summed E-state index contributed by atoms with van der Waals surface area (Å²) in [6.07, 6.45) is 1.74. The smallest absolute Gasteiger partial charge is 0.251 e. The van der Waals surface area contributed by atoms with E-state index in [9.17, 15) is 9.59 Å². The van der Waals surface area contributed by atoms with Crippen molar-refractivity contribution in [3.05, 3.63) is 82.7 Å². The Labute approximate surface area is 215 Å². The number of carbonyl (C=O) groups excluding carboxylic acids is 2. The predicted molar refractivity (Wildman–Crippen MR) is 142 cm³/mol. The van der Waals surface area contributed by atoms with Crippen molar-refractivity contribution in [1.82, 2.24) is 20.1 Å². The molecule has 0 saturated carbocycles. The van der Waals surface area contributed by atoms with Crippen molar-refractivity contribution in [2.24, 2.45) is 5.92 Å². The van der Waals surface area contributed by atoms with Crippen LogP contribution in [0.5, 0.6) is 0 Å². The van der Waals surface area contributed by atoms with E-state index in [4.69, 9.17) is 11.6 Å². The van der Waals surface area contributed by atoms with Crippen LogP contribution in [0.25, 0.3) is 0 Å². The first-order valence-corrected chi connectivity index (χ1v) is 12.7. The van der Waals surface area contributed by atoms with Crippen molar-refractivity contribution < 1.29 is 9.59 Å². The van der Waals surface area contributed by atoms with Gasteiger partial charge < -0.3 is 15.2 Å². The third kappa shape index (κ3) is 6.96. The number of aromatic nitrogens is 3. The van der Waals surface area contributed by atoms with Crippen molar-refractivity contribution in [2.75, 3.05) is 11.1 Å². The van der Waals surface area contributed by atoms with Gasteiger partial charge in [0.25, 0.3) is 5.91 Å².